The summed E-state index contributed by atoms with van der Waals surface area (Å²) in [6.45, 7) is -1.36. The summed E-state index contributed by atoms with van der Waals surface area (Å²) in [6.07, 6.45) is -0.0758. The van der Waals surface area contributed by atoms with E-state index < -0.39 is 6.61 Å². The molecule has 0 heterocycles. The van der Waals surface area contributed by atoms with E-state index in [1.807, 2.05) is 0 Å². The van der Waals surface area contributed by atoms with Crippen LogP contribution >= 0.6 is 0 Å². The highest BCUT2D eigenvalue weighted by molar-refractivity contribution is 5.33. The van der Waals surface area contributed by atoms with Crippen LogP contribution in [0, 0.1) is 0 Å². The van der Waals surface area contributed by atoms with Gasteiger partial charge in [0.2, 0.25) is 0 Å². The summed E-state index contributed by atoms with van der Waals surface area (Å²) < 4.78 is 39.1. The molecule has 108 valence electrons. The second-order valence-electron chi connectivity index (χ2n) is 3.93. The van der Waals surface area contributed by atoms with Crippen LogP contribution < -0.4 is 10.1 Å². The fraction of sp³-hybridized carbons (Fsp3) is 0.538. The molecule has 1 atom stereocenters. The number of nitrogens with one attached hydrogen (secondary N) is 1. The van der Waals surface area contributed by atoms with Crippen LogP contribution in [0.15, 0.2) is 24.3 Å². The van der Waals surface area contributed by atoms with E-state index in [-0.39, 0.29) is 11.9 Å². The van der Waals surface area contributed by atoms with E-state index in [1.54, 1.807) is 32.4 Å². The number of para-hydroxylation sites is 1. The molecule has 0 bridgehead atoms. The molecule has 1 rings (SSSR count). The first-order valence-electron chi connectivity index (χ1n) is 5.92. The summed E-state index contributed by atoms with van der Waals surface area (Å²) >= 11 is 0. The monoisotopic (exact) mass is 275 g/mol. The van der Waals surface area contributed by atoms with E-state index in [0.29, 0.717) is 25.3 Å². The highest BCUT2D eigenvalue weighted by Gasteiger charge is 2.10. The number of hydrogen-bond donors (Lipinski definition) is 1. The summed E-state index contributed by atoms with van der Waals surface area (Å²) in [7, 11) is 3.19. The van der Waals surface area contributed by atoms with Crippen molar-refractivity contribution in [2.24, 2.45) is 0 Å². The predicted octanol–water partition coefficient (Wildman–Crippen LogP) is 2.04. The third-order valence-electron chi connectivity index (χ3n) is 2.56. The number of benzene rings is 1. The Labute approximate surface area is 111 Å². The van der Waals surface area contributed by atoms with E-state index in [4.69, 9.17) is 9.47 Å². The van der Waals surface area contributed by atoms with Crippen molar-refractivity contribution in [3.8, 4) is 5.75 Å². The van der Waals surface area contributed by atoms with Gasteiger partial charge in [0.15, 0.2) is 0 Å². The first kappa shape index (κ1) is 15.8. The summed E-state index contributed by atoms with van der Waals surface area (Å²) in [5.74, 6) is 0.186. The Bertz CT molecular complexity index is 363. The fourth-order valence-electron chi connectivity index (χ4n) is 1.62. The Kier molecular flexibility index (Phi) is 7.32. The molecule has 0 aliphatic heterocycles. The Morgan fingerprint density at radius 2 is 1.95 bits per heavy atom. The van der Waals surface area contributed by atoms with Crippen LogP contribution in [0.3, 0.4) is 0 Å². The molecular formula is C13H19F2NO3. The van der Waals surface area contributed by atoms with Gasteiger partial charge in [0, 0.05) is 32.9 Å². The molecule has 1 unspecified atom stereocenters. The van der Waals surface area contributed by atoms with Gasteiger partial charge in [-0.15, -0.1) is 0 Å². The van der Waals surface area contributed by atoms with Crippen LogP contribution in [0.2, 0.25) is 0 Å². The molecule has 1 N–H and O–H groups in total. The van der Waals surface area contributed by atoms with Crippen LogP contribution in [0.4, 0.5) is 8.78 Å². The molecule has 1 aromatic carbocycles. The maximum atomic E-state index is 12.2. The topological polar surface area (TPSA) is 39.7 Å². The largest absolute Gasteiger partial charge is 0.434 e. The molecule has 0 saturated carbocycles. The third kappa shape index (κ3) is 5.96. The zero-order chi connectivity index (χ0) is 14.1. The minimum absolute atomic E-state index is 0.0758. The van der Waals surface area contributed by atoms with Gasteiger partial charge in [0.05, 0.1) is 12.7 Å². The van der Waals surface area contributed by atoms with Crippen molar-refractivity contribution in [1.82, 2.24) is 5.32 Å². The zero-order valence-corrected chi connectivity index (χ0v) is 11.1. The second kappa shape index (κ2) is 8.79. The first-order chi connectivity index (χ1) is 9.17. The lowest BCUT2D eigenvalue weighted by Gasteiger charge is -2.16. The number of methoxy groups -OCH3 is 2. The van der Waals surface area contributed by atoms with Crippen molar-refractivity contribution in [3.05, 3.63) is 29.8 Å². The van der Waals surface area contributed by atoms with E-state index in [9.17, 15) is 8.78 Å². The van der Waals surface area contributed by atoms with Crippen molar-refractivity contribution in [3.63, 3.8) is 0 Å². The minimum atomic E-state index is -2.82. The lowest BCUT2D eigenvalue weighted by Crippen LogP contribution is -2.31. The molecular weight excluding hydrogens is 256 g/mol. The van der Waals surface area contributed by atoms with Gasteiger partial charge < -0.3 is 19.5 Å². The summed E-state index contributed by atoms with van der Waals surface area (Å²) in [4.78, 5) is 0. The molecule has 0 aromatic heterocycles. The molecule has 0 spiro atoms. The van der Waals surface area contributed by atoms with E-state index in [1.165, 1.54) is 6.07 Å². The van der Waals surface area contributed by atoms with Gasteiger partial charge in [-0.1, -0.05) is 18.2 Å². The van der Waals surface area contributed by atoms with Crippen LogP contribution in [0.5, 0.6) is 5.75 Å². The third-order valence-corrected chi connectivity index (χ3v) is 2.56. The van der Waals surface area contributed by atoms with Crippen molar-refractivity contribution < 1.29 is 23.0 Å². The van der Waals surface area contributed by atoms with Gasteiger partial charge in [-0.05, 0) is 6.07 Å². The van der Waals surface area contributed by atoms with Gasteiger partial charge in [-0.3, -0.25) is 0 Å². The molecule has 0 amide bonds. The second-order valence-corrected chi connectivity index (χ2v) is 3.93. The number of ether oxygens (including phenoxy) is 3. The fourth-order valence-corrected chi connectivity index (χ4v) is 1.62. The van der Waals surface area contributed by atoms with Crippen LogP contribution in [0.1, 0.15) is 5.56 Å². The van der Waals surface area contributed by atoms with Gasteiger partial charge in [-0.2, -0.15) is 8.78 Å². The Balaban J connectivity index is 2.48. The Hall–Kier alpha value is -1.24. The molecule has 19 heavy (non-hydrogen) atoms. The van der Waals surface area contributed by atoms with Gasteiger partial charge in [0.1, 0.15) is 5.75 Å². The molecule has 6 heteroatoms. The van der Waals surface area contributed by atoms with Crippen LogP contribution in [0.25, 0.3) is 0 Å². The van der Waals surface area contributed by atoms with Crippen molar-refractivity contribution in [1.29, 1.82) is 0 Å². The number of hydrogen-bond acceptors (Lipinski definition) is 4. The number of halogens is 2. The molecule has 4 nitrogen and oxygen atoms in total. The molecule has 0 aliphatic rings. The average Bonchev–Trinajstić information content (AvgIpc) is 2.39. The number of rotatable bonds is 9. The van der Waals surface area contributed by atoms with Crippen molar-refractivity contribution >= 4 is 0 Å². The zero-order valence-electron chi connectivity index (χ0n) is 11.1. The highest BCUT2D eigenvalue weighted by atomic mass is 19.3. The summed E-state index contributed by atoms with van der Waals surface area (Å²) in [5, 5.41) is 3.12. The lowest BCUT2D eigenvalue weighted by molar-refractivity contribution is -0.0505. The van der Waals surface area contributed by atoms with Crippen molar-refractivity contribution in [2.75, 3.05) is 27.4 Å². The van der Waals surface area contributed by atoms with Crippen molar-refractivity contribution in [2.45, 2.75) is 19.3 Å². The Morgan fingerprint density at radius 3 is 2.58 bits per heavy atom. The molecule has 0 aliphatic carbocycles. The normalized spacial score (nSPS) is 12.7. The molecule has 0 saturated heterocycles. The first-order valence-corrected chi connectivity index (χ1v) is 5.92. The molecule has 1 aromatic rings. The van der Waals surface area contributed by atoms with E-state index in [0.717, 1.165) is 0 Å². The van der Waals surface area contributed by atoms with Crippen LogP contribution in [-0.4, -0.2) is 40.1 Å². The quantitative estimate of drug-likeness (QED) is 0.748. The van der Waals surface area contributed by atoms with E-state index in [2.05, 4.69) is 10.1 Å². The highest BCUT2D eigenvalue weighted by Crippen LogP contribution is 2.19. The summed E-state index contributed by atoms with van der Waals surface area (Å²) in [5.41, 5.74) is 0.676. The van der Waals surface area contributed by atoms with Gasteiger partial charge in [0.25, 0.3) is 0 Å². The number of alkyl halides is 2. The van der Waals surface area contributed by atoms with Crippen LogP contribution in [-0.2, 0) is 16.0 Å². The standard InChI is InChI=1S/C13H19F2NO3/c1-17-9-11(18-2)8-16-7-10-5-3-4-6-12(10)19-13(14)15/h3-6,11,13,16H,7-9H2,1-2H3. The van der Waals surface area contributed by atoms with Gasteiger partial charge >= 0.3 is 6.61 Å². The predicted molar refractivity (Wildman–Crippen MR) is 67.5 cm³/mol. The Morgan fingerprint density at radius 1 is 1.21 bits per heavy atom. The molecule has 0 radical (unpaired) electrons. The maximum absolute atomic E-state index is 12.2. The smallest absolute Gasteiger partial charge is 0.387 e. The SMILES string of the molecule is COCC(CNCc1ccccc1OC(F)F)OC. The molecule has 0 fully saturated rings. The van der Waals surface area contributed by atoms with Gasteiger partial charge in [-0.25, -0.2) is 0 Å². The maximum Gasteiger partial charge on any atom is 0.387 e. The lowest BCUT2D eigenvalue weighted by atomic mass is 10.2. The minimum Gasteiger partial charge on any atom is -0.434 e. The van der Waals surface area contributed by atoms with E-state index >= 15 is 0 Å². The summed E-state index contributed by atoms with van der Waals surface area (Å²) in [6, 6.07) is 6.69. The average molecular weight is 275 g/mol.